The molecule has 0 aliphatic rings. The average molecular weight is 368 g/mol. The molecule has 0 N–H and O–H groups in total. The molecular formula is C23H16N2O3. The van der Waals surface area contributed by atoms with Gasteiger partial charge < -0.3 is 13.7 Å². The zero-order valence-electron chi connectivity index (χ0n) is 14.9. The van der Waals surface area contributed by atoms with Gasteiger partial charge in [-0.25, -0.2) is 0 Å². The van der Waals surface area contributed by atoms with Gasteiger partial charge in [-0.2, -0.15) is 4.98 Å². The predicted octanol–water partition coefficient (Wildman–Crippen LogP) is 5.73. The normalized spacial score (nSPS) is 11.0. The van der Waals surface area contributed by atoms with E-state index in [9.17, 15) is 0 Å². The predicted molar refractivity (Wildman–Crippen MR) is 106 cm³/mol. The van der Waals surface area contributed by atoms with Crippen LogP contribution < -0.4 is 4.74 Å². The van der Waals surface area contributed by atoms with E-state index in [1.54, 1.807) is 0 Å². The lowest BCUT2D eigenvalue weighted by Crippen LogP contribution is -1.94. The lowest BCUT2D eigenvalue weighted by Gasteiger charge is -2.07. The van der Waals surface area contributed by atoms with Gasteiger partial charge in [-0.3, -0.25) is 0 Å². The summed E-state index contributed by atoms with van der Waals surface area (Å²) in [5.41, 5.74) is 0.892. The third-order valence-electron chi connectivity index (χ3n) is 4.45. The van der Waals surface area contributed by atoms with Gasteiger partial charge in [-0.05, 0) is 23.6 Å². The number of benzene rings is 3. The molecule has 2 aromatic heterocycles. The Labute approximate surface area is 161 Å². The summed E-state index contributed by atoms with van der Waals surface area (Å²) in [4.78, 5) is 4.41. The number of ether oxygens (including phenoxy) is 1. The first-order valence-corrected chi connectivity index (χ1v) is 8.95. The summed E-state index contributed by atoms with van der Waals surface area (Å²) in [6.45, 7) is 0.313. The van der Waals surface area contributed by atoms with Crippen LogP contribution in [0.2, 0.25) is 0 Å². The standard InChI is InChI=1S/C23H16N2O3/c1-2-8-17(9-3-1)22-24-23(28-25-22)21-14-13-18(27-21)15-26-20-12-6-10-16-7-4-5-11-19(16)20/h1-14H,15H2. The lowest BCUT2D eigenvalue weighted by molar-refractivity contribution is 0.273. The van der Waals surface area contributed by atoms with Gasteiger partial charge in [-0.1, -0.05) is 71.9 Å². The van der Waals surface area contributed by atoms with Crippen LogP contribution in [0.1, 0.15) is 5.76 Å². The first-order valence-electron chi connectivity index (χ1n) is 8.95. The number of nitrogens with zero attached hydrogens (tertiary/aromatic N) is 2. The van der Waals surface area contributed by atoms with Crippen LogP contribution in [0.4, 0.5) is 0 Å². The van der Waals surface area contributed by atoms with Crippen LogP contribution in [0.15, 0.2) is 93.9 Å². The Balaban J connectivity index is 1.33. The van der Waals surface area contributed by atoms with Crippen molar-refractivity contribution >= 4 is 10.8 Å². The first kappa shape index (κ1) is 16.3. The number of furan rings is 1. The van der Waals surface area contributed by atoms with Gasteiger partial charge in [0.15, 0.2) is 5.76 Å². The Kier molecular flexibility index (Phi) is 4.10. The van der Waals surface area contributed by atoms with Crippen molar-refractivity contribution in [2.45, 2.75) is 6.61 Å². The molecule has 0 amide bonds. The topological polar surface area (TPSA) is 61.3 Å². The number of fused-ring (bicyclic) bond motifs is 1. The molecule has 5 nitrogen and oxygen atoms in total. The fourth-order valence-electron chi connectivity index (χ4n) is 3.07. The second kappa shape index (κ2) is 7.04. The molecule has 0 saturated heterocycles. The molecule has 0 radical (unpaired) electrons. The van der Waals surface area contributed by atoms with Crippen molar-refractivity contribution < 1.29 is 13.7 Å². The fourth-order valence-corrected chi connectivity index (χ4v) is 3.07. The molecular weight excluding hydrogens is 352 g/mol. The smallest absolute Gasteiger partial charge is 0.293 e. The van der Waals surface area contributed by atoms with Gasteiger partial charge >= 0.3 is 0 Å². The highest BCUT2D eigenvalue weighted by atomic mass is 16.5. The molecule has 0 bridgehead atoms. The first-order chi connectivity index (χ1) is 13.9. The summed E-state index contributed by atoms with van der Waals surface area (Å²) >= 11 is 0. The van der Waals surface area contributed by atoms with Gasteiger partial charge in [0.25, 0.3) is 5.89 Å². The third kappa shape index (κ3) is 3.14. The quantitative estimate of drug-likeness (QED) is 0.396. The molecule has 28 heavy (non-hydrogen) atoms. The highest BCUT2D eigenvalue weighted by molar-refractivity contribution is 5.88. The van der Waals surface area contributed by atoms with Crippen LogP contribution in [0.5, 0.6) is 5.75 Å². The Morgan fingerprint density at radius 3 is 2.54 bits per heavy atom. The Hall–Kier alpha value is -3.86. The molecule has 0 saturated carbocycles. The second-order valence-electron chi connectivity index (χ2n) is 6.32. The van der Waals surface area contributed by atoms with Gasteiger partial charge in [0.05, 0.1) is 0 Å². The zero-order chi connectivity index (χ0) is 18.8. The Bertz CT molecular complexity index is 1220. The Morgan fingerprint density at radius 1 is 0.786 bits per heavy atom. The summed E-state index contributed by atoms with van der Waals surface area (Å²) in [5.74, 6) is 2.89. The van der Waals surface area contributed by atoms with E-state index in [-0.39, 0.29) is 0 Å². The molecule has 5 rings (SSSR count). The molecule has 5 heteroatoms. The second-order valence-corrected chi connectivity index (χ2v) is 6.32. The summed E-state index contributed by atoms with van der Waals surface area (Å²) in [7, 11) is 0. The van der Waals surface area contributed by atoms with Crippen LogP contribution in [0.25, 0.3) is 33.8 Å². The maximum absolute atomic E-state index is 5.97. The van der Waals surface area contributed by atoms with Gasteiger partial charge in [0.1, 0.15) is 18.1 Å². The molecule has 0 aliphatic carbocycles. The number of aromatic nitrogens is 2. The molecule has 2 heterocycles. The van der Waals surface area contributed by atoms with Crippen molar-refractivity contribution in [1.29, 1.82) is 0 Å². The maximum Gasteiger partial charge on any atom is 0.293 e. The molecule has 0 spiro atoms. The van der Waals surface area contributed by atoms with Crippen molar-refractivity contribution in [2.24, 2.45) is 0 Å². The van der Waals surface area contributed by atoms with E-state index in [0.29, 0.717) is 29.8 Å². The van der Waals surface area contributed by atoms with Crippen molar-refractivity contribution in [3.63, 3.8) is 0 Å². The van der Waals surface area contributed by atoms with E-state index in [1.807, 2.05) is 72.8 Å². The Morgan fingerprint density at radius 2 is 1.61 bits per heavy atom. The van der Waals surface area contributed by atoms with Crippen LogP contribution in [0.3, 0.4) is 0 Å². The summed E-state index contributed by atoms with van der Waals surface area (Å²) in [5, 5.41) is 6.23. The fraction of sp³-hybridized carbons (Fsp3) is 0.0435. The minimum absolute atomic E-state index is 0.313. The molecule has 0 fully saturated rings. The van der Waals surface area contributed by atoms with E-state index < -0.39 is 0 Å². The van der Waals surface area contributed by atoms with Crippen molar-refractivity contribution in [2.75, 3.05) is 0 Å². The largest absolute Gasteiger partial charge is 0.485 e. The van der Waals surface area contributed by atoms with E-state index in [1.165, 1.54) is 0 Å². The van der Waals surface area contributed by atoms with Crippen LogP contribution in [0, 0.1) is 0 Å². The summed E-state index contributed by atoms with van der Waals surface area (Å²) in [6, 6.07) is 27.4. The monoisotopic (exact) mass is 368 g/mol. The molecule has 0 aliphatic heterocycles. The number of hydrogen-bond acceptors (Lipinski definition) is 5. The average Bonchev–Trinajstić information content (AvgIpc) is 3.42. The van der Waals surface area contributed by atoms with Gasteiger partial charge in [-0.15, -0.1) is 0 Å². The molecule has 3 aromatic carbocycles. The van der Waals surface area contributed by atoms with E-state index in [2.05, 4.69) is 22.3 Å². The number of hydrogen-bond donors (Lipinski definition) is 0. The summed E-state index contributed by atoms with van der Waals surface area (Å²) in [6.07, 6.45) is 0. The number of rotatable bonds is 5. The van der Waals surface area contributed by atoms with Crippen LogP contribution in [-0.2, 0) is 6.61 Å². The molecule has 136 valence electrons. The van der Waals surface area contributed by atoms with Gasteiger partial charge in [0.2, 0.25) is 5.82 Å². The third-order valence-corrected chi connectivity index (χ3v) is 4.45. The molecule has 5 aromatic rings. The highest BCUT2D eigenvalue weighted by Gasteiger charge is 2.14. The van der Waals surface area contributed by atoms with Crippen molar-refractivity contribution in [3.05, 3.63) is 90.7 Å². The maximum atomic E-state index is 5.97. The van der Waals surface area contributed by atoms with Gasteiger partial charge in [0, 0.05) is 10.9 Å². The van der Waals surface area contributed by atoms with E-state index in [4.69, 9.17) is 13.7 Å². The molecule has 0 atom stereocenters. The molecule has 0 unspecified atom stereocenters. The van der Waals surface area contributed by atoms with E-state index >= 15 is 0 Å². The lowest BCUT2D eigenvalue weighted by atomic mass is 10.1. The minimum atomic E-state index is 0.313. The summed E-state index contributed by atoms with van der Waals surface area (Å²) < 4.78 is 17.1. The zero-order valence-corrected chi connectivity index (χ0v) is 14.9. The van der Waals surface area contributed by atoms with Crippen LogP contribution in [-0.4, -0.2) is 10.1 Å². The minimum Gasteiger partial charge on any atom is -0.485 e. The van der Waals surface area contributed by atoms with Crippen molar-refractivity contribution in [1.82, 2.24) is 10.1 Å². The SMILES string of the molecule is c1ccc(-c2noc(-c3ccc(COc4cccc5ccccc45)o3)n2)cc1. The van der Waals surface area contributed by atoms with E-state index in [0.717, 1.165) is 22.1 Å². The van der Waals surface area contributed by atoms with Crippen LogP contribution >= 0.6 is 0 Å². The highest BCUT2D eigenvalue weighted by Crippen LogP contribution is 2.27. The van der Waals surface area contributed by atoms with Crippen molar-refractivity contribution in [3.8, 4) is 28.8 Å².